The third-order valence-corrected chi connectivity index (χ3v) is 6.61. The van der Waals surface area contributed by atoms with Crippen molar-refractivity contribution in [2.24, 2.45) is 0 Å². The summed E-state index contributed by atoms with van der Waals surface area (Å²) in [5.41, 5.74) is 0. The molecule has 2 aliphatic rings. The van der Waals surface area contributed by atoms with Crippen LogP contribution in [0.3, 0.4) is 0 Å². The second-order valence-corrected chi connectivity index (χ2v) is 10.5. The molecule has 0 bridgehead atoms. The van der Waals surface area contributed by atoms with Crippen LogP contribution >= 0.6 is 15.9 Å². The van der Waals surface area contributed by atoms with Crippen molar-refractivity contribution in [3.05, 3.63) is 0 Å². The lowest BCUT2D eigenvalue weighted by Crippen LogP contribution is -2.66. The number of halogens is 1. The third kappa shape index (κ3) is 11.0. The molecule has 0 aromatic heterocycles. The van der Waals surface area contributed by atoms with E-state index >= 15 is 0 Å². The van der Waals surface area contributed by atoms with Crippen molar-refractivity contribution in [2.45, 2.75) is 109 Å². The largest absolute Gasteiger partial charge is 0.463 e. The molecule has 10 atom stereocenters. The summed E-state index contributed by atoms with van der Waals surface area (Å²) in [4.78, 5) is 83.8. The number of carbonyl (C=O) groups is 7. The minimum atomic E-state index is -1.73. The predicted octanol–water partition coefficient (Wildman–Crippen LogP) is 0.00100. The van der Waals surface area contributed by atoms with E-state index < -0.39 is 115 Å². The van der Waals surface area contributed by atoms with E-state index in [-0.39, 0.29) is 0 Å². The molecule has 248 valence electrons. The Hall–Kier alpha value is -3.35. The van der Waals surface area contributed by atoms with Crippen molar-refractivity contribution in [2.75, 3.05) is 13.2 Å². The van der Waals surface area contributed by atoms with Crippen molar-refractivity contribution < 1.29 is 80.9 Å². The molecule has 2 heterocycles. The fraction of sp³-hybridized carbons (Fsp3) is 0.731. The molecule has 2 rings (SSSR count). The molecular formula is C26H35BrO17. The number of rotatable bonds is 11. The van der Waals surface area contributed by atoms with Crippen LogP contribution in [0.25, 0.3) is 0 Å². The Morgan fingerprint density at radius 3 is 1.27 bits per heavy atom. The molecule has 18 heteroatoms. The van der Waals surface area contributed by atoms with Crippen LogP contribution in [0.4, 0.5) is 0 Å². The Kier molecular flexibility index (Phi) is 13.9. The molecule has 0 amide bonds. The normalized spacial score (nSPS) is 31.5. The number of esters is 7. The van der Waals surface area contributed by atoms with Crippen LogP contribution in [0.1, 0.15) is 48.5 Å². The molecule has 0 radical (unpaired) electrons. The fourth-order valence-corrected chi connectivity index (χ4v) is 5.15. The lowest BCUT2D eigenvalue weighted by molar-refractivity contribution is -0.341. The molecule has 2 aliphatic heterocycles. The number of carbonyl (C=O) groups excluding carboxylic acids is 7. The average molecular weight is 699 g/mol. The van der Waals surface area contributed by atoms with Crippen LogP contribution in [-0.2, 0) is 80.9 Å². The monoisotopic (exact) mass is 698 g/mol. The van der Waals surface area contributed by atoms with Gasteiger partial charge in [-0.3, -0.25) is 33.6 Å². The number of alkyl halides is 1. The Labute approximate surface area is 260 Å². The fourth-order valence-electron chi connectivity index (χ4n) is 4.46. The van der Waals surface area contributed by atoms with Gasteiger partial charge in [0.1, 0.15) is 31.5 Å². The molecule has 2 saturated heterocycles. The molecule has 0 saturated carbocycles. The lowest BCUT2D eigenvalue weighted by atomic mass is 9.96. The van der Waals surface area contributed by atoms with Gasteiger partial charge in [0, 0.05) is 48.5 Å². The summed E-state index contributed by atoms with van der Waals surface area (Å²) in [6.45, 7) is 6.57. The maximum Gasteiger partial charge on any atom is 0.303 e. The smallest absolute Gasteiger partial charge is 0.303 e. The average Bonchev–Trinajstić information content (AvgIpc) is 2.87. The lowest BCUT2D eigenvalue weighted by Gasteiger charge is -2.48. The van der Waals surface area contributed by atoms with Crippen molar-refractivity contribution in [3.8, 4) is 0 Å². The zero-order valence-electron chi connectivity index (χ0n) is 25.0. The standard InChI is InChI=1S/C26H35BrO17/c1-10(28)35-8-17-20(21(38-13(4)31)23(25(27)42-17)40-15(6)33)44-26-24(41-16(7)34)22(39-14(5)32)19(37-12(3)30)18(43-26)9-36-11(2)29/h17-26H,8-9H2,1-7H3/t17-,18-,19-,20-,21+,22+,23-,24-,25+,26+/m1/s1. The molecule has 0 spiro atoms. The zero-order chi connectivity index (χ0) is 33.3. The molecule has 0 N–H and O–H groups in total. The number of hydrogen-bond acceptors (Lipinski definition) is 17. The van der Waals surface area contributed by atoms with E-state index in [0.29, 0.717) is 0 Å². The van der Waals surface area contributed by atoms with Crippen LogP contribution in [0, 0.1) is 0 Å². The molecule has 2 fully saturated rings. The second-order valence-electron chi connectivity index (χ2n) is 9.64. The highest BCUT2D eigenvalue weighted by molar-refractivity contribution is 9.09. The summed E-state index contributed by atoms with van der Waals surface area (Å²) >= 11 is 3.23. The van der Waals surface area contributed by atoms with E-state index in [1.165, 1.54) is 0 Å². The van der Waals surface area contributed by atoms with Crippen LogP contribution < -0.4 is 0 Å². The summed E-state index contributed by atoms with van der Waals surface area (Å²) in [5.74, 6) is -5.63. The predicted molar refractivity (Wildman–Crippen MR) is 142 cm³/mol. The molecule has 0 aromatic carbocycles. The number of ether oxygens (including phenoxy) is 10. The summed E-state index contributed by atoms with van der Waals surface area (Å²) in [7, 11) is 0. The van der Waals surface area contributed by atoms with Crippen LogP contribution in [0.2, 0.25) is 0 Å². The Morgan fingerprint density at radius 2 is 0.841 bits per heavy atom. The first-order valence-corrected chi connectivity index (χ1v) is 14.1. The van der Waals surface area contributed by atoms with Gasteiger partial charge in [-0.05, 0) is 0 Å². The van der Waals surface area contributed by atoms with E-state index in [1.807, 2.05) is 0 Å². The first-order valence-electron chi connectivity index (χ1n) is 13.2. The van der Waals surface area contributed by atoms with Crippen LogP contribution in [-0.4, -0.2) is 115 Å². The number of hydrogen-bond donors (Lipinski definition) is 0. The minimum absolute atomic E-state index is 0.460. The molecule has 0 unspecified atom stereocenters. The SMILES string of the molecule is CC(=O)OC[C@H]1O[C@H](Br)[C@H](OC(C)=O)[C@@H](OC(C)=O)[C@@H]1O[C@@H]1O[C@H](COC(C)=O)[C@@H](OC(C)=O)[C@H](OC(C)=O)[C@H]1OC(C)=O. The highest BCUT2D eigenvalue weighted by Crippen LogP contribution is 2.36. The quantitative estimate of drug-likeness (QED) is 0.158. The van der Waals surface area contributed by atoms with Crippen molar-refractivity contribution in [1.82, 2.24) is 0 Å². The van der Waals surface area contributed by atoms with Gasteiger partial charge in [-0.15, -0.1) is 0 Å². The molecular weight excluding hydrogens is 664 g/mol. The van der Waals surface area contributed by atoms with Gasteiger partial charge in [0.15, 0.2) is 41.8 Å². The van der Waals surface area contributed by atoms with Crippen molar-refractivity contribution in [3.63, 3.8) is 0 Å². The Balaban J connectivity index is 2.66. The minimum Gasteiger partial charge on any atom is -0.463 e. The molecule has 0 aliphatic carbocycles. The van der Waals surface area contributed by atoms with Gasteiger partial charge in [0.25, 0.3) is 0 Å². The van der Waals surface area contributed by atoms with E-state index in [2.05, 4.69) is 15.9 Å². The third-order valence-electron chi connectivity index (χ3n) is 5.87. The van der Waals surface area contributed by atoms with Crippen molar-refractivity contribution in [1.29, 1.82) is 0 Å². The van der Waals surface area contributed by atoms with E-state index in [4.69, 9.17) is 47.4 Å². The highest BCUT2D eigenvalue weighted by Gasteiger charge is 2.57. The maximum absolute atomic E-state index is 12.2. The van der Waals surface area contributed by atoms with E-state index in [0.717, 1.165) is 48.5 Å². The van der Waals surface area contributed by atoms with Gasteiger partial charge in [0.2, 0.25) is 0 Å². The van der Waals surface area contributed by atoms with E-state index in [9.17, 15) is 33.6 Å². The summed E-state index contributed by atoms with van der Waals surface area (Å²) in [6, 6.07) is 0. The Bertz CT molecular complexity index is 1090. The van der Waals surface area contributed by atoms with Crippen molar-refractivity contribution >= 4 is 57.7 Å². The topological polar surface area (TPSA) is 212 Å². The maximum atomic E-state index is 12.2. The van der Waals surface area contributed by atoms with E-state index in [1.54, 1.807) is 0 Å². The first-order chi connectivity index (χ1) is 20.5. The zero-order valence-corrected chi connectivity index (χ0v) is 26.6. The molecule has 17 nitrogen and oxygen atoms in total. The van der Waals surface area contributed by atoms with Crippen LogP contribution in [0.15, 0.2) is 0 Å². The van der Waals surface area contributed by atoms with Gasteiger partial charge in [-0.1, -0.05) is 15.9 Å². The molecule has 0 aromatic rings. The van der Waals surface area contributed by atoms with Gasteiger partial charge in [-0.25, -0.2) is 0 Å². The molecule has 44 heavy (non-hydrogen) atoms. The van der Waals surface area contributed by atoms with Gasteiger partial charge >= 0.3 is 41.8 Å². The van der Waals surface area contributed by atoms with Gasteiger partial charge in [0.05, 0.1) is 0 Å². The van der Waals surface area contributed by atoms with Gasteiger partial charge in [-0.2, -0.15) is 0 Å². The summed E-state index contributed by atoms with van der Waals surface area (Å²) in [5, 5.41) is -1.09. The second kappa shape index (κ2) is 16.6. The first kappa shape index (κ1) is 36.8. The highest BCUT2D eigenvalue weighted by atomic mass is 79.9. The summed E-state index contributed by atoms with van der Waals surface area (Å²) in [6.07, 6.45) is -13.2. The van der Waals surface area contributed by atoms with Gasteiger partial charge < -0.3 is 47.4 Å². The van der Waals surface area contributed by atoms with Crippen LogP contribution in [0.5, 0.6) is 0 Å². The summed E-state index contributed by atoms with van der Waals surface area (Å²) < 4.78 is 55.2. The Morgan fingerprint density at radius 1 is 0.477 bits per heavy atom.